The highest BCUT2D eigenvalue weighted by Gasteiger charge is 2.08. The molecule has 0 aromatic rings. The minimum atomic E-state index is -0.0313. The fraction of sp³-hybridized carbons (Fsp3) is 0.941. The van der Waals surface area contributed by atoms with Crippen LogP contribution in [0.3, 0.4) is 0 Å². The van der Waals surface area contributed by atoms with Crippen LogP contribution in [0.5, 0.6) is 0 Å². The molecule has 0 aromatic heterocycles. The first-order valence-electron chi connectivity index (χ1n) is 8.60. The molecule has 0 spiro atoms. The van der Waals surface area contributed by atoms with E-state index in [1.54, 1.807) is 0 Å². The van der Waals surface area contributed by atoms with Crippen molar-refractivity contribution in [3.63, 3.8) is 0 Å². The molecule has 3 heteroatoms. The number of hydrogen-bond acceptors (Lipinski definition) is 3. The number of nitrogens with two attached hydrogens (primary N) is 1. The van der Waals surface area contributed by atoms with Crippen LogP contribution in [0.25, 0.3) is 0 Å². The van der Waals surface area contributed by atoms with Gasteiger partial charge in [0.25, 0.3) is 0 Å². The Morgan fingerprint density at radius 1 is 0.950 bits per heavy atom. The molecule has 20 heavy (non-hydrogen) atoms. The highest BCUT2D eigenvalue weighted by Crippen LogP contribution is 2.11. The molecular formula is C17H35NO2. The topological polar surface area (TPSA) is 52.3 Å². The third kappa shape index (κ3) is 13.9. The summed E-state index contributed by atoms with van der Waals surface area (Å²) in [5, 5.41) is 0. The number of ether oxygens (including phenoxy) is 1. The molecule has 2 N–H and O–H groups in total. The zero-order valence-electron chi connectivity index (χ0n) is 13.7. The van der Waals surface area contributed by atoms with Crippen LogP contribution in [0.4, 0.5) is 0 Å². The van der Waals surface area contributed by atoms with E-state index in [9.17, 15) is 4.79 Å². The molecule has 1 atom stereocenters. The number of carbonyl (C=O) groups excluding carboxylic acids is 1. The van der Waals surface area contributed by atoms with Gasteiger partial charge in [0.15, 0.2) is 0 Å². The number of hydrogen-bond donors (Lipinski definition) is 1. The fourth-order valence-corrected chi connectivity index (χ4v) is 2.32. The lowest BCUT2D eigenvalue weighted by atomic mass is 10.1. The Bertz CT molecular complexity index is 219. The summed E-state index contributed by atoms with van der Waals surface area (Å²) in [4.78, 5) is 11.6. The van der Waals surface area contributed by atoms with E-state index >= 15 is 0 Å². The fourth-order valence-electron chi connectivity index (χ4n) is 2.32. The van der Waals surface area contributed by atoms with Gasteiger partial charge in [-0.2, -0.15) is 0 Å². The van der Waals surface area contributed by atoms with E-state index < -0.39 is 0 Å². The summed E-state index contributed by atoms with van der Waals surface area (Å²) in [5.41, 5.74) is 5.43. The van der Waals surface area contributed by atoms with E-state index in [1.807, 2.05) is 6.92 Å². The predicted molar refractivity (Wildman–Crippen MR) is 85.7 cm³/mol. The van der Waals surface area contributed by atoms with Gasteiger partial charge >= 0.3 is 5.97 Å². The summed E-state index contributed by atoms with van der Waals surface area (Å²) in [5.74, 6) is -0.0313. The summed E-state index contributed by atoms with van der Waals surface area (Å²) in [6.45, 7) is 5.00. The van der Waals surface area contributed by atoms with E-state index in [2.05, 4.69) is 6.92 Å². The quantitative estimate of drug-likeness (QED) is 0.375. The average molecular weight is 285 g/mol. The standard InChI is InChI=1S/C17H35NO2/c1-3-4-5-6-7-10-13-16(2)20-17(19)14-11-8-9-12-15-18/h16H,3-15,18H2,1-2H3. The molecule has 0 saturated carbocycles. The van der Waals surface area contributed by atoms with Gasteiger partial charge in [0.05, 0.1) is 6.10 Å². The Labute approximate surface area is 125 Å². The largest absolute Gasteiger partial charge is 0.463 e. The Hall–Kier alpha value is -0.570. The lowest BCUT2D eigenvalue weighted by Gasteiger charge is -2.13. The predicted octanol–water partition coefficient (Wildman–Crippen LogP) is 4.58. The van der Waals surface area contributed by atoms with Crippen LogP contribution in [0.2, 0.25) is 0 Å². The van der Waals surface area contributed by atoms with Gasteiger partial charge in [-0.15, -0.1) is 0 Å². The van der Waals surface area contributed by atoms with E-state index in [4.69, 9.17) is 10.5 Å². The highest BCUT2D eigenvalue weighted by molar-refractivity contribution is 5.69. The monoisotopic (exact) mass is 285 g/mol. The smallest absolute Gasteiger partial charge is 0.306 e. The van der Waals surface area contributed by atoms with Crippen molar-refractivity contribution < 1.29 is 9.53 Å². The molecule has 0 aliphatic rings. The molecule has 0 aliphatic carbocycles. The first kappa shape index (κ1) is 19.4. The van der Waals surface area contributed by atoms with Crippen molar-refractivity contribution >= 4 is 5.97 Å². The summed E-state index contributed by atoms with van der Waals surface area (Å²) in [6.07, 6.45) is 13.6. The molecule has 0 amide bonds. The summed E-state index contributed by atoms with van der Waals surface area (Å²) >= 11 is 0. The van der Waals surface area contributed by atoms with Gasteiger partial charge in [-0.1, -0.05) is 51.9 Å². The molecule has 0 aromatic carbocycles. The van der Waals surface area contributed by atoms with Gasteiger partial charge in [-0.25, -0.2) is 0 Å². The van der Waals surface area contributed by atoms with Crippen LogP contribution < -0.4 is 5.73 Å². The summed E-state index contributed by atoms with van der Waals surface area (Å²) in [7, 11) is 0. The van der Waals surface area contributed by atoms with Crippen LogP contribution in [0, 0.1) is 0 Å². The molecule has 0 radical (unpaired) electrons. The number of esters is 1. The SMILES string of the molecule is CCCCCCCCC(C)OC(=O)CCCCCCN. The van der Waals surface area contributed by atoms with Gasteiger partial charge in [-0.3, -0.25) is 4.79 Å². The minimum Gasteiger partial charge on any atom is -0.463 e. The second-order valence-electron chi connectivity index (χ2n) is 5.81. The number of carbonyl (C=O) groups is 1. The molecule has 0 rings (SSSR count). The van der Waals surface area contributed by atoms with Crippen LogP contribution in [-0.2, 0) is 9.53 Å². The second kappa shape index (κ2) is 14.8. The maximum absolute atomic E-state index is 11.6. The Balaban J connectivity index is 3.36. The van der Waals surface area contributed by atoms with Crippen molar-refractivity contribution in [2.24, 2.45) is 5.73 Å². The molecule has 0 heterocycles. The lowest BCUT2D eigenvalue weighted by Crippen LogP contribution is -2.14. The van der Waals surface area contributed by atoms with Crippen molar-refractivity contribution in [3.8, 4) is 0 Å². The Morgan fingerprint density at radius 2 is 1.55 bits per heavy atom. The van der Waals surface area contributed by atoms with Crippen LogP contribution in [-0.4, -0.2) is 18.6 Å². The Kier molecular flexibility index (Phi) is 14.4. The van der Waals surface area contributed by atoms with E-state index in [1.165, 1.54) is 38.5 Å². The minimum absolute atomic E-state index is 0.0313. The van der Waals surface area contributed by atoms with E-state index in [-0.39, 0.29) is 12.1 Å². The summed E-state index contributed by atoms with van der Waals surface area (Å²) in [6, 6.07) is 0. The zero-order chi connectivity index (χ0) is 15.1. The maximum Gasteiger partial charge on any atom is 0.306 e. The molecule has 0 bridgehead atoms. The first-order valence-corrected chi connectivity index (χ1v) is 8.60. The van der Waals surface area contributed by atoms with E-state index in [0.717, 1.165) is 38.6 Å². The molecule has 120 valence electrons. The molecule has 3 nitrogen and oxygen atoms in total. The van der Waals surface area contributed by atoms with Gasteiger partial charge < -0.3 is 10.5 Å². The van der Waals surface area contributed by atoms with Crippen molar-refractivity contribution in [2.45, 2.75) is 97.0 Å². The van der Waals surface area contributed by atoms with Gasteiger partial charge in [0, 0.05) is 6.42 Å². The van der Waals surface area contributed by atoms with Gasteiger partial charge in [-0.05, 0) is 39.2 Å². The van der Waals surface area contributed by atoms with Crippen molar-refractivity contribution in [2.75, 3.05) is 6.54 Å². The van der Waals surface area contributed by atoms with Crippen LogP contribution in [0.1, 0.15) is 90.9 Å². The molecule has 0 aliphatic heterocycles. The zero-order valence-corrected chi connectivity index (χ0v) is 13.7. The highest BCUT2D eigenvalue weighted by atomic mass is 16.5. The van der Waals surface area contributed by atoms with Crippen LogP contribution in [0.15, 0.2) is 0 Å². The number of rotatable bonds is 14. The van der Waals surface area contributed by atoms with Crippen molar-refractivity contribution in [3.05, 3.63) is 0 Å². The first-order chi connectivity index (χ1) is 9.70. The van der Waals surface area contributed by atoms with Crippen LogP contribution >= 0.6 is 0 Å². The maximum atomic E-state index is 11.6. The molecular weight excluding hydrogens is 250 g/mol. The van der Waals surface area contributed by atoms with Crippen molar-refractivity contribution in [1.82, 2.24) is 0 Å². The number of unbranched alkanes of at least 4 members (excludes halogenated alkanes) is 8. The molecule has 1 unspecified atom stereocenters. The molecule has 0 saturated heterocycles. The normalized spacial score (nSPS) is 12.3. The lowest BCUT2D eigenvalue weighted by molar-refractivity contribution is -0.148. The second-order valence-corrected chi connectivity index (χ2v) is 5.81. The van der Waals surface area contributed by atoms with Crippen molar-refractivity contribution in [1.29, 1.82) is 0 Å². The van der Waals surface area contributed by atoms with Gasteiger partial charge in [0.1, 0.15) is 0 Å². The average Bonchev–Trinajstić information content (AvgIpc) is 2.42. The Morgan fingerprint density at radius 3 is 2.25 bits per heavy atom. The molecule has 0 fully saturated rings. The van der Waals surface area contributed by atoms with Gasteiger partial charge in [0.2, 0.25) is 0 Å². The third-order valence-corrected chi connectivity index (χ3v) is 3.63. The van der Waals surface area contributed by atoms with E-state index in [0.29, 0.717) is 6.42 Å². The third-order valence-electron chi connectivity index (χ3n) is 3.63. The summed E-state index contributed by atoms with van der Waals surface area (Å²) < 4.78 is 5.42.